The third kappa shape index (κ3) is 6.10. The molecule has 0 aliphatic rings. The Bertz CT molecular complexity index is 215. The lowest BCUT2D eigenvalue weighted by molar-refractivity contribution is -0.132. The lowest BCUT2D eigenvalue weighted by Crippen LogP contribution is -2.30. The highest BCUT2D eigenvalue weighted by atomic mass is 16.2. The lowest BCUT2D eigenvalue weighted by atomic mass is 10.0. The Labute approximate surface area is 92.0 Å². The number of amides is 2. The van der Waals surface area contributed by atoms with Gasteiger partial charge in [-0.2, -0.15) is 0 Å². The van der Waals surface area contributed by atoms with Crippen LogP contribution in [0.1, 0.15) is 33.1 Å². The molecule has 0 saturated heterocycles. The summed E-state index contributed by atoms with van der Waals surface area (Å²) in [6.45, 7) is 4.59. The third-order valence-electron chi connectivity index (χ3n) is 2.24. The monoisotopic (exact) mass is 214 g/mol. The van der Waals surface area contributed by atoms with E-state index < -0.39 is 0 Å². The van der Waals surface area contributed by atoms with E-state index in [1.54, 1.807) is 19.0 Å². The van der Waals surface area contributed by atoms with Crippen LogP contribution in [0.3, 0.4) is 0 Å². The Morgan fingerprint density at radius 1 is 1.33 bits per heavy atom. The Balaban J connectivity index is 3.75. The molecule has 0 fully saturated rings. The number of nitrogens with one attached hydrogen (secondary N) is 1. The topological polar surface area (TPSA) is 49.4 Å². The van der Waals surface area contributed by atoms with Crippen LogP contribution in [-0.4, -0.2) is 37.4 Å². The van der Waals surface area contributed by atoms with E-state index in [2.05, 4.69) is 5.32 Å². The summed E-state index contributed by atoms with van der Waals surface area (Å²) >= 11 is 0. The summed E-state index contributed by atoms with van der Waals surface area (Å²) in [6.07, 6.45) is 1.99. The number of carbonyl (C=O) groups is 2. The van der Waals surface area contributed by atoms with Crippen LogP contribution in [0.4, 0.5) is 0 Å². The van der Waals surface area contributed by atoms with Gasteiger partial charge in [0.2, 0.25) is 11.8 Å². The van der Waals surface area contributed by atoms with Crippen LogP contribution in [0, 0.1) is 5.92 Å². The molecule has 0 rings (SSSR count). The van der Waals surface area contributed by atoms with E-state index in [-0.39, 0.29) is 17.7 Å². The molecule has 0 heterocycles. The molecule has 1 N–H and O–H groups in total. The van der Waals surface area contributed by atoms with Gasteiger partial charge in [-0.15, -0.1) is 0 Å². The molecule has 1 atom stereocenters. The molecule has 0 aliphatic heterocycles. The van der Waals surface area contributed by atoms with Crippen molar-refractivity contribution in [2.45, 2.75) is 33.1 Å². The van der Waals surface area contributed by atoms with Gasteiger partial charge >= 0.3 is 0 Å². The van der Waals surface area contributed by atoms with Crippen LogP contribution >= 0.6 is 0 Å². The van der Waals surface area contributed by atoms with Crippen LogP contribution in [0.15, 0.2) is 0 Å². The maximum Gasteiger partial charge on any atom is 0.224 e. The molecule has 0 aromatic heterocycles. The lowest BCUT2D eigenvalue weighted by Gasteiger charge is -2.16. The van der Waals surface area contributed by atoms with E-state index in [1.807, 2.05) is 13.8 Å². The third-order valence-corrected chi connectivity index (χ3v) is 2.24. The second-order valence-corrected chi connectivity index (χ2v) is 4.02. The standard InChI is InChI=1S/C11H22N2O2/c1-5-8-12-10(14)7-6-9(2)11(15)13(3)4/h9H,5-8H2,1-4H3,(H,12,14). The van der Waals surface area contributed by atoms with Crippen molar-refractivity contribution in [3.63, 3.8) is 0 Å². The normalized spacial score (nSPS) is 12.0. The Morgan fingerprint density at radius 3 is 2.40 bits per heavy atom. The second-order valence-electron chi connectivity index (χ2n) is 4.02. The number of rotatable bonds is 6. The molecule has 0 saturated carbocycles. The van der Waals surface area contributed by atoms with Crippen molar-refractivity contribution in [1.82, 2.24) is 10.2 Å². The second kappa shape index (κ2) is 7.26. The summed E-state index contributed by atoms with van der Waals surface area (Å²) in [5.41, 5.74) is 0. The summed E-state index contributed by atoms with van der Waals surface area (Å²) < 4.78 is 0. The van der Waals surface area contributed by atoms with Crippen molar-refractivity contribution in [3.8, 4) is 0 Å². The van der Waals surface area contributed by atoms with Gasteiger partial charge < -0.3 is 10.2 Å². The molecule has 4 nitrogen and oxygen atoms in total. The number of nitrogens with zero attached hydrogens (tertiary/aromatic N) is 1. The van der Waals surface area contributed by atoms with Crippen LogP contribution in [-0.2, 0) is 9.59 Å². The zero-order chi connectivity index (χ0) is 11.8. The molecule has 15 heavy (non-hydrogen) atoms. The van der Waals surface area contributed by atoms with E-state index >= 15 is 0 Å². The minimum Gasteiger partial charge on any atom is -0.356 e. The van der Waals surface area contributed by atoms with Gasteiger partial charge in [-0.05, 0) is 12.8 Å². The van der Waals surface area contributed by atoms with Gasteiger partial charge in [0.05, 0.1) is 0 Å². The highest BCUT2D eigenvalue weighted by Crippen LogP contribution is 2.07. The van der Waals surface area contributed by atoms with E-state index in [1.165, 1.54) is 0 Å². The molecule has 4 heteroatoms. The van der Waals surface area contributed by atoms with Crippen molar-refractivity contribution in [2.24, 2.45) is 5.92 Å². The largest absolute Gasteiger partial charge is 0.356 e. The SMILES string of the molecule is CCCNC(=O)CCC(C)C(=O)N(C)C. The molecule has 0 radical (unpaired) electrons. The summed E-state index contributed by atoms with van der Waals surface area (Å²) in [5.74, 6) is 0.0425. The smallest absolute Gasteiger partial charge is 0.224 e. The van der Waals surface area contributed by atoms with Gasteiger partial charge in [-0.25, -0.2) is 0 Å². The molecule has 0 spiro atoms. The molecule has 0 aromatic carbocycles. The molecular formula is C11H22N2O2. The first-order chi connectivity index (χ1) is 6.99. The first-order valence-corrected chi connectivity index (χ1v) is 5.46. The van der Waals surface area contributed by atoms with Crippen molar-refractivity contribution < 1.29 is 9.59 Å². The van der Waals surface area contributed by atoms with Gasteiger partial charge in [-0.1, -0.05) is 13.8 Å². The average Bonchev–Trinajstić information content (AvgIpc) is 2.21. The van der Waals surface area contributed by atoms with Gasteiger partial charge in [0.25, 0.3) is 0 Å². The van der Waals surface area contributed by atoms with Gasteiger partial charge in [0.1, 0.15) is 0 Å². The fraction of sp³-hybridized carbons (Fsp3) is 0.818. The number of hydrogen-bond donors (Lipinski definition) is 1. The fourth-order valence-electron chi connectivity index (χ4n) is 1.26. The molecule has 0 aliphatic carbocycles. The number of carbonyl (C=O) groups excluding carboxylic acids is 2. The summed E-state index contributed by atoms with van der Waals surface area (Å²) in [4.78, 5) is 24.3. The summed E-state index contributed by atoms with van der Waals surface area (Å²) in [5, 5.41) is 2.79. The predicted octanol–water partition coefficient (Wildman–Crippen LogP) is 1.02. The maximum atomic E-state index is 11.5. The molecule has 88 valence electrons. The number of hydrogen-bond acceptors (Lipinski definition) is 2. The summed E-state index contributed by atoms with van der Waals surface area (Å²) in [6, 6.07) is 0. The molecular weight excluding hydrogens is 192 g/mol. The first kappa shape index (κ1) is 13.9. The molecule has 1 unspecified atom stereocenters. The predicted molar refractivity (Wildman–Crippen MR) is 60.4 cm³/mol. The first-order valence-electron chi connectivity index (χ1n) is 5.46. The minimum atomic E-state index is -0.0765. The van der Waals surface area contributed by atoms with Crippen LogP contribution in [0.5, 0.6) is 0 Å². The highest BCUT2D eigenvalue weighted by molar-refractivity contribution is 5.80. The fourth-order valence-corrected chi connectivity index (χ4v) is 1.26. The average molecular weight is 214 g/mol. The van der Waals surface area contributed by atoms with Gasteiger partial charge in [-0.3, -0.25) is 9.59 Å². The van der Waals surface area contributed by atoms with Crippen LogP contribution in [0.2, 0.25) is 0 Å². The van der Waals surface area contributed by atoms with E-state index in [9.17, 15) is 9.59 Å². The molecule has 0 bridgehead atoms. The maximum absolute atomic E-state index is 11.5. The Morgan fingerprint density at radius 2 is 1.93 bits per heavy atom. The summed E-state index contributed by atoms with van der Waals surface area (Å²) in [7, 11) is 3.46. The molecule has 0 aromatic rings. The van der Waals surface area contributed by atoms with Crippen molar-refractivity contribution in [3.05, 3.63) is 0 Å². The van der Waals surface area contributed by atoms with E-state index in [0.29, 0.717) is 12.8 Å². The Hall–Kier alpha value is -1.06. The van der Waals surface area contributed by atoms with Crippen LogP contribution in [0.25, 0.3) is 0 Å². The van der Waals surface area contributed by atoms with Gasteiger partial charge in [0.15, 0.2) is 0 Å². The Kier molecular flexibility index (Phi) is 6.75. The van der Waals surface area contributed by atoms with E-state index in [0.717, 1.165) is 13.0 Å². The van der Waals surface area contributed by atoms with E-state index in [4.69, 9.17) is 0 Å². The van der Waals surface area contributed by atoms with Gasteiger partial charge in [0, 0.05) is 33.0 Å². The van der Waals surface area contributed by atoms with Crippen molar-refractivity contribution in [2.75, 3.05) is 20.6 Å². The quantitative estimate of drug-likeness (QED) is 0.717. The van der Waals surface area contributed by atoms with Crippen molar-refractivity contribution in [1.29, 1.82) is 0 Å². The van der Waals surface area contributed by atoms with Crippen LogP contribution < -0.4 is 5.32 Å². The minimum absolute atomic E-state index is 0.0373. The highest BCUT2D eigenvalue weighted by Gasteiger charge is 2.15. The van der Waals surface area contributed by atoms with Crippen molar-refractivity contribution >= 4 is 11.8 Å². The zero-order valence-corrected chi connectivity index (χ0v) is 10.2. The zero-order valence-electron chi connectivity index (χ0n) is 10.2. The molecule has 2 amide bonds.